The van der Waals surface area contributed by atoms with Crippen LogP contribution in [0.5, 0.6) is 0 Å². The van der Waals surface area contributed by atoms with E-state index < -0.39 is 36.5 Å². The van der Waals surface area contributed by atoms with Crippen molar-refractivity contribution >= 4 is 29.4 Å². The lowest BCUT2D eigenvalue weighted by Gasteiger charge is -2.22. The number of hydrogen-bond donors (Lipinski definition) is 2. The monoisotopic (exact) mass is 478 g/mol. The molecular formula is C27H27ClN2O4. The molecule has 3 aromatic rings. The van der Waals surface area contributed by atoms with Crippen LogP contribution >= 0.6 is 11.6 Å². The first-order chi connectivity index (χ1) is 16.4. The second kappa shape index (κ2) is 12.0. The third kappa shape index (κ3) is 6.68. The highest BCUT2D eigenvalue weighted by Crippen LogP contribution is 2.21. The van der Waals surface area contributed by atoms with Crippen LogP contribution in [-0.4, -0.2) is 30.4 Å². The molecule has 0 saturated carbocycles. The molecule has 0 heterocycles. The highest BCUT2D eigenvalue weighted by molar-refractivity contribution is 6.33. The molecule has 3 rings (SSSR count). The van der Waals surface area contributed by atoms with Gasteiger partial charge in [0.15, 0.2) is 6.61 Å². The molecule has 2 N–H and O–H groups in total. The van der Waals surface area contributed by atoms with Crippen LogP contribution in [0.2, 0.25) is 5.02 Å². The van der Waals surface area contributed by atoms with Gasteiger partial charge in [0.25, 0.3) is 11.8 Å². The van der Waals surface area contributed by atoms with Crippen molar-refractivity contribution in [1.82, 2.24) is 10.6 Å². The molecule has 0 aliphatic heterocycles. The average Bonchev–Trinajstić information content (AvgIpc) is 2.85. The van der Waals surface area contributed by atoms with Gasteiger partial charge in [0, 0.05) is 0 Å². The van der Waals surface area contributed by atoms with Crippen LogP contribution in [0.25, 0.3) is 0 Å². The zero-order chi connectivity index (χ0) is 24.5. The number of rotatable bonds is 9. The van der Waals surface area contributed by atoms with E-state index in [1.165, 1.54) is 0 Å². The molecule has 0 spiro atoms. The Hall–Kier alpha value is -3.64. The van der Waals surface area contributed by atoms with Crippen molar-refractivity contribution in [1.29, 1.82) is 0 Å². The highest BCUT2D eigenvalue weighted by atomic mass is 35.5. The van der Waals surface area contributed by atoms with Gasteiger partial charge in [-0.15, -0.1) is 0 Å². The molecule has 0 fully saturated rings. The summed E-state index contributed by atoms with van der Waals surface area (Å²) in [6.07, 6.45) is 0. The maximum atomic E-state index is 12.7. The molecule has 7 heteroatoms. The molecule has 0 unspecified atom stereocenters. The van der Waals surface area contributed by atoms with Crippen molar-refractivity contribution in [3.05, 3.63) is 107 Å². The van der Waals surface area contributed by atoms with Crippen LogP contribution in [0, 0.1) is 5.92 Å². The third-order valence-corrected chi connectivity index (χ3v) is 5.57. The van der Waals surface area contributed by atoms with E-state index in [2.05, 4.69) is 10.6 Å². The molecule has 0 saturated heterocycles. The van der Waals surface area contributed by atoms with E-state index in [-0.39, 0.29) is 16.5 Å². The molecular weight excluding hydrogens is 452 g/mol. The standard InChI is InChI=1S/C27H27ClN2O4/c1-18(2)24(30-26(32)21-15-9-10-16-22(21)28)27(33)34-17-23(31)29-25(19-11-5-3-6-12-19)20-13-7-4-8-14-20/h3-16,18,24-25H,17H2,1-2H3,(H,29,31)(H,30,32)/t24-/m1/s1. The quantitative estimate of drug-likeness (QED) is 0.442. The van der Waals surface area contributed by atoms with Crippen molar-refractivity contribution < 1.29 is 19.1 Å². The molecule has 1 atom stereocenters. The fourth-order valence-electron chi connectivity index (χ4n) is 3.44. The van der Waals surface area contributed by atoms with E-state index in [9.17, 15) is 14.4 Å². The van der Waals surface area contributed by atoms with Gasteiger partial charge in [0.2, 0.25) is 0 Å². The fraction of sp³-hybridized carbons (Fsp3) is 0.222. The summed E-state index contributed by atoms with van der Waals surface area (Å²) in [6, 6.07) is 24.3. The molecule has 0 bridgehead atoms. The smallest absolute Gasteiger partial charge is 0.329 e. The second-order valence-electron chi connectivity index (χ2n) is 8.10. The van der Waals surface area contributed by atoms with Crippen LogP contribution in [0.3, 0.4) is 0 Å². The van der Waals surface area contributed by atoms with Crippen molar-refractivity contribution in [3.8, 4) is 0 Å². The molecule has 176 valence electrons. The van der Waals surface area contributed by atoms with E-state index in [1.54, 1.807) is 38.1 Å². The third-order valence-electron chi connectivity index (χ3n) is 5.24. The summed E-state index contributed by atoms with van der Waals surface area (Å²) in [5.41, 5.74) is 2.06. The Bertz CT molecular complexity index is 1080. The van der Waals surface area contributed by atoms with Gasteiger partial charge in [-0.2, -0.15) is 0 Å². The molecule has 0 aliphatic rings. The maximum Gasteiger partial charge on any atom is 0.329 e. The van der Waals surface area contributed by atoms with Crippen LogP contribution < -0.4 is 10.6 Å². The minimum Gasteiger partial charge on any atom is -0.454 e. The minimum atomic E-state index is -0.935. The lowest BCUT2D eigenvalue weighted by molar-refractivity contribution is -0.151. The zero-order valence-corrected chi connectivity index (χ0v) is 19.8. The zero-order valence-electron chi connectivity index (χ0n) is 19.0. The fourth-order valence-corrected chi connectivity index (χ4v) is 3.66. The Balaban J connectivity index is 1.64. The van der Waals surface area contributed by atoms with Gasteiger partial charge in [0.1, 0.15) is 6.04 Å². The molecule has 0 radical (unpaired) electrons. The number of esters is 1. The number of amides is 2. The Morgan fingerprint density at radius 1 is 0.794 bits per heavy atom. The summed E-state index contributed by atoms with van der Waals surface area (Å²) >= 11 is 6.08. The molecule has 0 aliphatic carbocycles. The predicted octanol–water partition coefficient (Wildman–Crippen LogP) is 4.54. The SMILES string of the molecule is CC(C)[C@@H](NC(=O)c1ccccc1Cl)C(=O)OCC(=O)NC(c1ccccc1)c1ccccc1. The van der Waals surface area contributed by atoms with Crippen molar-refractivity contribution in [2.75, 3.05) is 6.61 Å². The van der Waals surface area contributed by atoms with Gasteiger partial charge in [0.05, 0.1) is 16.6 Å². The number of halogens is 1. The highest BCUT2D eigenvalue weighted by Gasteiger charge is 2.28. The lowest BCUT2D eigenvalue weighted by Crippen LogP contribution is -2.46. The Labute approximate surface area is 204 Å². The van der Waals surface area contributed by atoms with Crippen LogP contribution in [0.15, 0.2) is 84.9 Å². The summed E-state index contributed by atoms with van der Waals surface area (Å²) < 4.78 is 5.27. The number of carbonyl (C=O) groups excluding carboxylic acids is 3. The van der Waals surface area contributed by atoms with Gasteiger partial charge in [-0.1, -0.05) is 98.2 Å². The topological polar surface area (TPSA) is 84.5 Å². The van der Waals surface area contributed by atoms with E-state index >= 15 is 0 Å². The largest absolute Gasteiger partial charge is 0.454 e. The number of ether oxygens (including phenoxy) is 1. The van der Waals surface area contributed by atoms with E-state index in [0.717, 1.165) is 11.1 Å². The Morgan fingerprint density at radius 2 is 1.32 bits per heavy atom. The lowest BCUT2D eigenvalue weighted by atomic mass is 9.99. The molecule has 0 aromatic heterocycles. The van der Waals surface area contributed by atoms with Crippen LogP contribution in [0.1, 0.15) is 41.4 Å². The van der Waals surface area contributed by atoms with Crippen molar-refractivity contribution in [3.63, 3.8) is 0 Å². The van der Waals surface area contributed by atoms with Gasteiger partial charge < -0.3 is 15.4 Å². The number of nitrogens with one attached hydrogen (secondary N) is 2. The summed E-state index contributed by atoms with van der Waals surface area (Å²) in [6.45, 7) is 3.08. The van der Waals surface area contributed by atoms with Crippen molar-refractivity contribution in [2.24, 2.45) is 5.92 Å². The normalized spacial score (nSPS) is 11.7. The van der Waals surface area contributed by atoms with Crippen molar-refractivity contribution in [2.45, 2.75) is 25.9 Å². The van der Waals surface area contributed by atoms with Gasteiger partial charge in [-0.3, -0.25) is 9.59 Å². The summed E-state index contributed by atoms with van der Waals surface area (Å²) in [4.78, 5) is 38.0. The molecule has 3 aromatic carbocycles. The minimum absolute atomic E-state index is 0.258. The van der Waals surface area contributed by atoms with Gasteiger partial charge in [-0.25, -0.2) is 4.79 Å². The maximum absolute atomic E-state index is 12.7. The number of hydrogen-bond acceptors (Lipinski definition) is 4. The van der Waals surface area contributed by atoms with Gasteiger partial charge in [-0.05, 0) is 29.2 Å². The number of carbonyl (C=O) groups is 3. The first kappa shape index (κ1) is 25.0. The molecule has 34 heavy (non-hydrogen) atoms. The number of benzene rings is 3. The molecule has 6 nitrogen and oxygen atoms in total. The van der Waals surface area contributed by atoms with Crippen LogP contribution in [-0.2, 0) is 14.3 Å². The van der Waals surface area contributed by atoms with Gasteiger partial charge >= 0.3 is 5.97 Å². The average molecular weight is 479 g/mol. The Morgan fingerprint density at radius 3 is 1.85 bits per heavy atom. The Kier molecular flexibility index (Phi) is 8.82. The first-order valence-corrected chi connectivity index (χ1v) is 11.4. The predicted molar refractivity (Wildman–Crippen MR) is 131 cm³/mol. The molecule has 2 amide bonds. The second-order valence-corrected chi connectivity index (χ2v) is 8.51. The summed E-state index contributed by atoms with van der Waals surface area (Å²) in [5, 5.41) is 5.87. The van der Waals surface area contributed by atoms with E-state index in [1.807, 2.05) is 60.7 Å². The summed E-state index contributed by atoms with van der Waals surface area (Å²) in [5.74, 6) is -1.89. The van der Waals surface area contributed by atoms with Crippen LogP contribution in [0.4, 0.5) is 0 Å². The van der Waals surface area contributed by atoms with E-state index in [4.69, 9.17) is 16.3 Å². The summed E-state index contributed by atoms with van der Waals surface area (Å²) in [7, 11) is 0. The first-order valence-electron chi connectivity index (χ1n) is 11.0. The van der Waals surface area contributed by atoms with E-state index in [0.29, 0.717) is 0 Å².